The Hall–Kier alpha value is -2.68. The largest absolute Gasteiger partial charge is 0.463 e. The van der Waals surface area contributed by atoms with Crippen molar-refractivity contribution in [3.8, 4) is 0 Å². The molecule has 0 aliphatic heterocycles. The Kier molecular flexibility index (Phi) is 12.2. The van der Waals surface area contributed by atoms with Gasteiger partial charge in [-0.15, -0.1) is 0 Å². The van der Waals surface area contributed by atoms with Gasteiger partial charge in [0.05, 0.1) is 27.3 Å². The summed E-state index contributed by atoms with van der Waals surface area (Å²) in [6.45, 7) is 3.85. The number of likely N-dealkylation sites (N-methyl/N-ethyl adjacent to an activating group) is 1. The summed E-state index contributed by atoms with van der Waals surface area (Å²) in [7, 11) is 3.66. The number of quaternary nitrogens is 1. The summed E-state index contributed by atoms with van der Waals surface area (Å²) in [5.74, 6) is -2.85. The topological polar surface area (TPSA) is 110 Å². The van der Waals surface area contributed by atoms with E-state index in [2.05, 4.69) is 9.47 Å². The maximum absolute atomic E-state index is 11.7. The van der Waals surface area contributed by atoms with Crippen LogP contribution in [-0.4, -0.2) is 70.4 Å². The van der Waals surface area contributed by atoms with Gasteiger partial charge in [-0.2, -0.15) is 0 Å². The van der Waals surface area contributed by atoms with Gasteiger partial charge in [-0.3, -0.25) is 0 Å². The SMILES string of the molecule is CCOC(=O)/C=C/C(=O)OCC(C[NH+](C)C)OC(=O)/C=C/C(=O)OCC. The van der Waals surface area contributed by atoms with Gasteiger partial charge < -0.3 is 23.8 Å². The molecule has 9 nitrogen and oxygen atoms in total. The summed E-state index contributed by atoms with van der Waals surface area (Å²) >= 11 is 0. The van der Waals surface area contributed by atoms with Crippen molar-refractivity contribution in [3.63, 3.8) is 0 Å². The van der Waals surface area contributed by atoms with Crippen LogP contribution in [0, 0.1) is 0 Å². The van der Waals surface area contributed by atoms with Crippen molar-refractivity contribution in [1.82, 2.24) is 0 Å². The van der Waals surface area contributed by atoms with Crippen molar-refractivity contribution in [3.05, 3.63) is 24.3 Å². The fourth-order valence-electron chi connectivity index (χ4n) is 1.67. The highest BCUT2D eigenvalue weighted by molar-refractivity contribution is 5.92. The van der Waals surface area contributed by atoms with Gasteiger partial charge in [0.15, 0.2) is 6.10 Å². The molecule has 0 saturated heterocycles. The lowest BCUT2D eigenvalue weighted by atomic mass is 10.3. The van der Waals surface area contributed by atoms with Crippen molar-refractivity contribution >= 4 is 23.9 Å². The molecule has 0 saturated carbocycles. The highest BCUT2D eigenvalue weighted by Crippen LogP contribution is 1.96. The smallest absolute Gasteiger partial charge is 0.331 e. The van der Waals surface area contributed by atoms with E-state index in [4.69, 9.17) is 9.47 Å². The first-order chi connectivity index (χ1) is 12.3. The zero-order valence-electron chi connectivity index (χ0n) is 15.5. The predicted molar refractivity (Wildman–Crippen MR) is 90.1 cm³/mol. The lowest BCUT2D eigenvalue weighted by molar-refractivity contribution is -0.861. The lowest BCUT2D eigenvalue weighted by Gasteiger charge is -2.18. The van der Waals surface area contributed by atoms with Crippen LogP contribution in [0.3, 0.4) is 0 Å². The first kappa shape index (κ1) is 23.3. The maximum Gasteiger partial charge on any atom is 0.331 e. The van der Waals surface area contributed by atoms with E-state index in [1.807, 2.05) is 14.1 Å². The Morgan fingerprint density at radius 2 is 1.19 bits per heavy atom. The second-order valence-electron chi connectivity index (χ2n) is 5.27. The normalized spacial score (nSPS) is 12.2. The molecule has 0 rings (SSSR count). The number of hydrogen-bond acceptors (Lipinski definition) is 8. The molecule has 0 heterocycles. The summed E-state index contributed by atoms with van der Waals surface area (Å²) in [6, 6.07) is 0. The summed E-state index contributed by atoms with van der Waals surface area (Å²) in [5, 5.41) is 0. The van der Waals surface area contributed by atoms with Crippen LogP contribution in [0.1, 0.15) is 13.8 Å². The summed E-state index contributed by atoms with van der Waals surface area (Å²) < 4.78 is 19.4. The van der Waals surface area contributed by atoms with E-state index in [1.165, 1.54) is 0 Å². The molecule has 0 aromatic rings. The summed E-state index contributed by atoms with van der Waals surface area (Å²) in [6.07, 6.45) is 3.06. The van der Waals surface area contributed by atoms with Crippen molar-refractivity contribution in [1.29, 1.82) is 0 Å². The standard InChI is InChI=1S/C17H25NO8/c1-5-23-14(19)7-8-16(21)25-12-13(11-18(3)4)26-17(22)10-9-15(20)24-6-2/h7-10,13H,5-6,11-12H2,1-4H3/p+1/b8-7+,10-9+. The molecule has 1 atom stereocenters. The number of rotatable bonds is 11. The maximum atomic E-state index is 11.7. The number of hydrogen-bond donors (Lipinski definition) is 1. The van der Waals surface area contributed by atoms with Crippen molar-refractivity contribution in [2.75, 3.05) is 40.5 Å². The minimum atomic E-state index is -0.769. The van der Waals surface area contributed by atoms with Crippen LogP contribution in [0.2, 0.25) is 0 Å². The number of nitrogens with one attached hydrogen (secondary N) is 1. The molecule has 0 aromatic heterocycles. The van der Waals surface area contributed by atoms with E-state index in [-0.39, 0.29) is 19.8 Å². The molecule has 1 unspecified atom stereocenters. The van der Waals surface area contributed by atoms with Crippen molar-refractivity contribution in [2.24, 2.45) is 0 Å². The van der Waals surface area contributed by atoms with Gasteiger partial charge in [0.25, 0.3) is 0 Å². The second-order valence-corrected chi connectivity index (χ2v) is 5.27. The Bertz CT molecular complexity index is 539. The molecule has 0 bridgehead atoms. The van der Waals surface area contributed by atoms with E-state index < -0.39 is 30.0 Å². The number of carbonyl (C=O) groups excluding carboxylic acids is 4. The first-order valence-corrected chi connectivity index (χ1v) is 8.14. The van der Waals surface area contributed by atoms with Gasteiger partial charge in [0.2, 0.25) is 0 Å². The number of carbonyl (C=O) groups is 4. The molecule has 146 valence electrons. The molecule has 0 radical (unpaired) electrons. The molecule has 0 aliphatic rings. The highest BCUT2D eigenvalue weighted by Gasteiger charge is 2.18. The monoisotopic (exact) mass is 372 g/mol. The van der Waals surface area contributed by atoms with Crippen LogP contribution in [0.25, 0.3) is 0 Å². The number of ether oxygens (including phenoxy) is 4. The minimum absolute atomic E-state index is 0.195. The lowest BCUT2D eigenvalue weighted by Crippen LogP contribution is -3.07. The van der Waals surface area contributed by atoms with Crippen LogP contribution in [0.15, 0.2) is 24.3 Å². The van der Waals surface area contributed by atoms with Gasteiger partial charge in [0, 0.05) is 24.3 Å². The molecule has 26 heavy (non-hydrogen) atoms. The zero-order valence-corrected chi connectivity index (χ0v) is 15.5. The fourth-order valence-corrected chi connectivity index (χ4v) is 1.67. The van der Waals surface area contributed by atoms with Crippen LogP contribution < -0.4 is 4.90 Å². The highest BCUT2D eigenvalue weighted by atomic mass is 16.6. The predicted octanol–water partition coefficient (Wildman–Crippen LogP) is -1.18. The van der Waals surface area contributed by atoms with Crippen molar-refractivity contribution in [2.45, 2.75) is 20.0 Å². The van der Waals surface area contributed by atoms with Crippen molar-refractivity contribution < 1.29 is 43.0 Å². The molecule has 1 N–H and O–H groups in total. The molecule has 0 aliphatic carbocycles. The minimum Gasteiger partial charge on any atom is -0.463 e. The zero-order chi connectivity index (χ0) is 19.9. The number of esters is 4. The van der Waals surface area contributed by atoms with Crippen LogP contribution >= 0.6 is 0 Å². The Morgan fingerprint density at radius 1 is 0.769 bits per heavy atom. The Morgan fingerprint density at radius 3 is 1.62 bits per heavy atom. The van der Waals surface area contributed by atoms with Gasteiger partial charge in [-0.1, -0.05) is 0 Å². The van der Waals surface area contributed by atoms with E-state index in [1.54, 1.807) is 13.8 Å². The van der Waals surface area contributed by atoms with E-state index in [0.717, 1.165) is 29.2 Å². The molecule has 0 amide bonds. The first-order valence-electron chi connectivity index (χ1n) is 8.14. The third-order valence-corrected chi connectivity index (χ3v) is 2.61. The third-order valence-electron chi connectivity index (χ3n) is 2.61. The fraction of sp³-hybridized carbons (Fsp3) is 0.529. The molecule has 9 heteroatoms. The van der Waals surface area contributed by atoms with E-state index in [9.17, 15) is 19.2 Å². The van der Waals surface area contributed by atoms with Gasteiger partial charge >= 0.3 is 23.9 Å². The Balaban J connectivity index is 4.56. The molecule has 0 fully saturated rings. The molecule has 0 aromatic carbocycles. The molecular formula is C17H26NO8+. The molecule has 0 spiro atoms. The van der Waals surface area contributed by atoms with Gasteiger partial charge in [-0.25, -0.2) is 19.2 Å². The Labute approximate surface area is 152 Å². The van der Waals surface area contributed by atoms with Crippen LogP contribution in [-0.2, 0) is 38.1 Å². The van der Waals surface area contributed by atoms with Gasteiger partial charge in [-0.05, 0) is 13.8 Å². The average molecular weight is 372 g/mol. The van der Waals surface area contributed by atoms with Crippen LogP contribution in [0.5, 0.6) is 0 Å². The second kappa shape index (κ2) is 13.6. The van der Waals surface area contributed by atoms with Gasteiger partial charge in [0.1, 0.15) is 13.2 Å². The molecular weight excluding hydrogens is 346 g/mol. The van der Waals surface area contributed by atoms with Crippen LogP contribution in [0.4, 0.5) is 0 Å². The summed E-state index contributed by atoms with van der Waals surface area (Å²) in [5.41, 5.74) is 0. The van der Waals surface area contributed by atoms with E-state index in [0.29, 0.717) is 6.54 Å². The van der Waals surface area contributed by atoms with E-state index >= 15 is 0 Å². The summed E-state index contributed by atoms with van der Waals surface area (Å²) in [4.78, 5) is 46.5. The third kappa shape index (κ3) is 12.7. The average Bonchev–Trinajstić information content (AvgIpc) is 2.56. The quantitative estimate of drug-likeness (QED) is 0.274.